The molecule has 23 heavy (non-hydrogen) atoms. The van der Waals surface area contributed by atoms with Crippen molar-refractivity contribution >= 4 is 11.8 Å². The summed E-state index contributed by atoms with van der Waals surface area (Å²) in [6, 6.07) is 0.0823. The molecular formula is C18H35N2O3+. The number of unbranched alkanes of at least 4 members (excludes halogenated alkanes) is 8. The van der Waals surface area contributed by atoms with Gasteiger partial charge < -0.3 is 5.11 Å². The van der Waals surface area contributed by atoms with Crippen molar-refractivity contribution in [1.29, 1.82) is 0 Å². The lowest BCUT2D eigenvalue weighted by atomic mass is 10.0. The first-order valence-corrected chi connectivity index (χ1v) is 9.40. The predicted molar refractivity (Wildman–Crippen MR) is 92.8 cm³/mol. The molecule has 0 saturated carbocycles. The summed E-state index contributed by atoms with van der Waals surface area (Å²) in [7, 11) is 0. The fourth-order valence-electron chi connectivity index (χ4n) is 3.42. The maximum Gasteiger partial charge on any atom is 0.362 e. The molecule has 1 rings (SSSR count). The van der Waals surface area contributed by atoms with Crippen LogP contribution in [0, 0.1) is 0 Å². The van der Waals surface area contributed by atoms with Crippen LogP contribution < -0.4 is 0 Å². The van der Waals surface area contributed by atoms with Crippen molar-refractivity contribution in [1.82, 2.24) is 0 Å². The Morgan fingerprint density at radius 1 is 1.09 bits per heavy atom. The molecule has 0 radical (unpaired) electrons. The van der Waals surface area contributed by atoms with E-state index in [4.69, 9.17) is 5.11 Å². The van der Waals surface area contributed by atoms with Crippen molar-refractivity contribution in [3.63, 3.8) is 0 Å². The van der Waals surface area contributed by atoms with Gasteiger partial charge in [0.1, 0.15) is 12.6 Å². The molecule has 5 heteroatoms. The summed E-state index contributed by atoms with van der Waals surface area (Å²) in [5, 5.41) is 19.4. The average Bonchev–Trinajstić information content (AvgIpc) is 2.80. The van der Waals surface area contributed by atoms with Crippen LogP contribution in [-0.2, 0) is 4.79 Å². The van der Waals surface area contributed by atoms with E-state index in [-0.39, 0.29) is 12.6 Å². The molecule has 0 amide bonds. The molecular weight excluding hydrogens is 292 g/mol. The fourth-order valence-corrected chi connectivity index (χ4v) is 3.42. The number of amidine groups is 1. The zero-order valence-electron chi connectivity index (χ0n) is 15.0. The molecule has 0 aromatic heterocycles. The molecule has 2 unspecified atom stereocenters. The second kappa shape index (κ2) is 10.8. The highest BCUT2D eigenvalue weighted by Gasteiger charge is 2.43. The fraction of sp³-hybridized carbons (Fsp3) is 0.889. The molecule has 2 atom stereocenters. The van der Waals surface area contributed by atoms with Gasteiger partial charge in [0.25, 0.3) is 0 Å². The highest BCUT2D eigenvalue weighted by atomic mass is 16.6. The molecule has 5 nitrogen and oxygen atoms in total. The number of quaternary nitrogens is 1. The Morgan fingerprint density at radius 3 is 2.17 bits per heavy atom. The lowest BCUT2D eigenvalue weighted by Gasteiger charge is -2.23. The Morgan fingerprint density at radius 2 is 1.65 bits per heavy atom. The van der Waals surface area contributed by atoms with Crippen molar-refractivity contribution in [2.45, 2.75) is 90.5 Å². The first-order valence-electron chi connectivity index (χ1n) is 9.40. The number of hydroxylamine groups is 3. The Kier molecular flexibility index (Phi) is 9.41. The maximum absolute atomic E-state index is 10.9. The number of carboxylic acids is 1. The molecule has 1 heterocycles. The van der Waals surface area contributed by atoms with E-state index in [1.54, 1.807) is 0 Å². The van der Waals surface area contributed by atoms with Crippen molar-refractivity contribution in [3.8, 4) is 0 Å². The lowest BCUT2D eigenvalue weighted by Crippen LogP contribution is -2.51. The van der Waals surface area contributed by atoms with E-state index < -0.39 is 10.6 Å². The van der Waals surface area contributed by atoms with Crippen molar-refractivity contribution < 1.29 is 19.8 Å². The van der Waals surface area contributed by atoms with Gasteiger partial charge >= 0.3 is 5.97 Å². The third-order valence-electron chi connectivity index (χ3n) is 4.68. The van der Waals surface area contributed by atoms with Gasteiger partial charge in [-0.25, -0.2) is 15.0 Å². The highest BCUT2D eigenvalue weighted by Crippen LogP contribution is 2.23. The molecule has 0 fully saturated rings. The normalized spacial score (nSPS) is 24.0. The lowest BCUT2D eigenvalue weighted by molar-refractivity contribution is -1.02. The monoisotopic (exact) mass is 327 g/mol. The Hall–Kier alpha value is -0.940. The second-order valence-corrected chi connectivity index (χ2v) is 6.83. The first kappa shape index (κ1) is 20.1. The summed E-state index contributed by atoms with van der Waals surface area (Å²) in [4.78, 5) is 15.5. The van der Waals surface area contributed by atoms with Crippen LogP contribution >= 0.6 is 0 Å². The summed E-state index contributed by atoms with van der Waals surface area (Å²) >= 11 is 0. The van der Waals surface area contributed by atoms with Crippen LogP contribution in [0.3, 0.4) is 0 Å². The highest BCUT2D eigenvalue weighted by molar-refractivity contribution is 5.79. The largest absolute Gasteiger partial charge is 0.477 e. The molecule has 2 N–H and O–H groups in total. The van der Waals surface area contributed by atoms with Gasteiger partial charge in [-0.15, -0.1) is 4.65 Å². The number of hydrogen-bond acceptors (Lipinski definition) is 3. The summed E-state index contributed by atoms with van der Waals surface area (Å²) in [5.74, 6) is -0.356. The van der Waals surface area contributed by atoms with Gasteiger partial charge in [-0.2, -0.15) is 0 Å². The SMILES string of the molecule is CCCCCCCCCCCC1C[N+](O)(CC(=O)O)C(CC)=N1. The molecule has 0 bridgehead atoms. The van der Waals surface area contributed by atoms with Gasteiger partial charge in [0, 0.05) is 6.42 Å². The summed E-state index contributed by atoms with van der Waals surface area (Å²) in [6.45, 7) is 4.31. The van der Waals surface area contributed by atoms with Gasteiger partial charge in [0.2, 0.25) is 12.4 Å². The van der Waals surface area contributed by atoms with Gasteiger partial charge in [-0.3, -0.25) is 0 Å². The van der Waals surface area contributed by atoms with Crippen LogP contribution in [0.2, 0.25) is 0 Å². The van der Waals surface area contributed by atoms with Gasteiger partial charge in [-0.1, -0.05) is 71.6 Å². The number of aliphatic carboxylic acids is 1. The molecule has 0 spiro atoms. The van der Waals surface area contributed by atoms with E-state index in [1.807, 2.05) is 6.92 Å². The summed E-state index contributed by atoms with van der Waals surface area (Å²) < 4.78 is -0.492. The van der Waals surface area contributed by atoms with Crippen molar-refractivity contribution in [2.75, 3.05) is 13.1 Å². The smallest absolute Gasteiger partial charge is 0.362 e. The quantitative estimate of drug-likeness (QED) is 0.389. The third-order valence-corrected chi connectivity index (χ3v) is 4.68. The number of rotatable bonds is 13. The Balaban J connectivity index is 2.16. The van der Waals surface area contributed by atoms with Crippen molar-refractivity contribution in [3.05, 3.63) is 0 Å². The van der Waals surface area contributed by atoms with Gasteiger partial charge in [-0.05, 0) is 6.42 Å². The first-order chi connectivity index (χ1) is 11.0. The Bertz CT molecular complexity index is 384. The van der Waals surface area contributed by atoms with Gasteiger partial charge in [0.05, 0.1) is 0 Å². The minimum atomic E-state index is -0.975. The average molecular weight is 327 g/mol. The predicted octanol–water partition coefficient (Wildman–Crippen LogP) is 4.39. The van der Waals surface area contributed by atoms with Crippen LogP contribution in [0.4, 0.5) is 0 Å². The standard InChI is InChI=1S/C18H34N2O3/c1-3-5-6-7-8-9-10-11-12-13-16-14-20(23,15-18(21)22)17(4-2)19-16/h16,23H,3-15H2,1-2H3/p+1. The van der Waals surface area contributed by atoms with E-state index >= 15 is 0 Å². The van der Waals surface area contributed by atoms with Gasteiger partial charge in [0.15, 0.2) is 0 Å². The van der Waals surface area contributed by atoms with E-state index in [0.717, 1.165) is 12.8 Å². The molecule has 0 aromatic rings. The zero-order chi connectivity index (χ0) is 17.1. The number of hydrogen-bond donors (Lipinski definition) is 2. The van der Waals surface area contributed by atoms with Crippen LogP contribution in [-0.4, -0.2) is 45.9 Å². The number of nitrogens with zero attached hydrogens (tertiary/aromatic N) is 2. The minimum Gasteiger partial charge on any atom is -0.477 e. The third kappa shape index (κ3) is 7.44. The van der Waals surface area contributed by atoms with Crippen LogP contribution in [0.25, 0.3) is 0 Å². The molecule has 0 aromatic carbocycles. The molecule has 0 saturated heterocycles. The van der Waals surface area contributed by atoms with E-state index in [0.29, 0.717) is 18.8 Å². The minimum absolute atomic E-state index is 0.0823. The van der Waals surface area contributed by atoms with E-state index in [2.05, 4.69) is 11.9 Å². The topological polar surface area (TPSA) is 69.9 Å². The Labute approximate surface area is 141 Å². The number of carboxylic acid groups (broad SMARTS) is 1. The zero-order valence-corrected chi connectivity index (χ0v) is 15.0. The summed E-state index contributed by atoms with van der Waals surface area (Å²) in [5.41, 5.74) is 0. The van der Waals surface area contributed by atoms with Crippen molar-refractivity contribution in [2.24, 2.45) is 4.99 Å². The summed E-state index contributed by atoms with van der Waals surface area (Å²) in [6.07, 6.45) is 13.2. The maximum atomic E-state index is 10.9. The van der Waals surface area contributed by atoms with E-state index in [1.165, 1.54) is 51.4 Å². The molecule has 1 aliphatic rings. The molecule has 0 aliphatic carbocycles. The van der Waals surface area contributed by atoms with Crippen LogP contribution in [0.15, 0.2) is 4.99 Å². The van der Waals surface area contributed by atoms with E-state index in [9.17, 15) is 10.0 Å². The number of carbonyl (C=O) groups is 1. The van der Waals surface area contributed by atoms with Crippen LogP contribution in [0.5, 0.6) is 0 Å². The molecule has 1 aliphatic heterocycles. The number of aliphatic imine (C=N–C) groups is 1. The van der Waals surface area contributed by atoms with Crippen LogP contribution in [0.1, 0.15) is 84.5 Å². The molecule has 134 valence electrons. The second-order valence-electron chi connectivity index (χ2n) is 6.83.